The predicted octanol–water partition coefficient (Wildman–Crippen LogP) is 2.71. The molecule has 0 saturated carbocycles. The van der Waals surface area contributed by atoms with Gasteiger partial charge in [0, 0.05) is 5.02 Å². The highest BCUT2D eigenvalue weighted by Crippen LogP contribution is 2.24. The van der Waals surface area contributed by atoms with Gasteiger partial charge >= 0.3 is 0 Å². The highest BCUT2D eigenvalue weighted by molar-refractivity contribution is 7.89. The number of rotatable bonds is 4. The van der Waals surface area contributed by atoms with Gasteiger partial charge in [0.1, 0.15) is 23.1 Å². The van der Waals surface area contributed by atoms with Crippen molar-refractivity contribution in [2.45, 2.75) is 11.5 Å². The summed E-state index contributed by atoms with van der Waals surface area (Å²) in [4.78, 5) is -0.383. The second kappa shape index (κ2) is 5.78. The Kier molecular flexibility index (Phi) is 4.27. The van der Waals surface area contributed by atoms with E-state index < -0.39 is 15.8 Å². The summed E-state index contributed by atoms with van der Waals surface area (Å²) in [6, 6.07) is 10.0. The summed E-state index contributed by atoms with van der Waals surface area (Å²) < 4.78 is 41.2. The van der Waals surface area contributed by atoms with E-state index in [0.717, 1.165) is 17.7 Å². The van der Waals surface area contributed by atoms with Crippen molar-refractivity contribution < 1.29 is 17.5 Å². The minimum atomic E-state index is -4.05. The molecular weight excluding hydrogens is 305 g/mol. The molecule has 2 N–H and O–H groups in total. The third-order valence-corrected chi connectivity index (χ3v) is 3.70. The zero-order valence-electron chi connectivity index (χ0n) is 10.2. The summed E-state index contributed by atoms with van der Waals surface area (Å²) in [6.07, 6.45) is 0. The van der Waals surface area contributed by atoms with Crippen molar-refractivity contribution in [3.05, 3.63) is 58.9 Å². The van der Waals surface area contributed by atoms with Crippen LogP contribution in [0.3, 0.4) is 0 Å². The van der Waals surface area contributed by atoms with Crippen LogP contribution in [0, 0.1) is 5.82 Å². The molecule has 0 spiro atoms. The number of halogens is 2. The van der Waals surface area contributed by atoms with E-state index in [4.69, 9.17) is 21.5 Å². The summed E-state index contributed by atoms with van der Waals surface area (Å²) in [5.41, 5.74) is 0.791. The van der Waals surface area contributed by atoms with Crippen molar-refractivity contribution in [1.82, 2.24) is 0 Å². The normalized spacial score (nSPS) is 11.3. The van der Waals surface area contributed by atoms with Gasteiger partial charge in [-0.1, -0.05) is 23.7 Å². The van der Waals surface area contributed by atoms with E-state index in [1.807, 2.05) is 0 Å². The van der Waals surface area contributed by atoms with Gasteiger partial charge in [-0.3, -0.25) is 0 Å². The minimum absolute atomic E-state index is 0.00356. The molecule has 4 nitrogen and oxygen atoms in total. The van der Waals surface area contributed by atoms with E-state index in [-0.39, 0.29) is 17.3 Å². The van der Waals surface area contributed by atoms with Crippen molar-refractivity contribution in [2.75, 3.05) is 0 Å². The molecule has 0 radical (unpaired) electrons. The van der Waals surface area contributed by atoms with Crippen LogP contribution in [0.25, 0.3) is 0 Å². The minimum Gasteiger partial charge on any atom is -0.487 e. The highest BCUT2D eigenvalue weighted by atomic mass is 35.5. The summed E-state index contributed by atoms with van der Waals surface area (Å²) in [7, 11) is -4.05. The summed E-state index contributed by atoms with van der Waals surface area (Å²) in [6.45, 7) is 0.116. The van der Waals surface area contributed by atoms with Crippen LogP contribution in [0.1, 0.15) is 5.56 Å². The predicted molar refractivity (Wildman–Crippen MR) is 73.6 cm³/mol. The lowest BCUT2D eigenvalue weighted by molar-refractivity contribution is 0.297. The first-order valence-electron chi connectivity index (χ1n) is 5.56. The molecule has 0 saturated heterocycles. The molecule has 0 atom stereocenters. The van der Waals surface area contributed by atoms with Crippen LogP contribution in [0.15, 0.2) is 47.4 Å². The van der Waals surface area contributed by atoms with Crippen LogP contribution in [0.4, 0.5) is 4.39 Å². The van der Waals surface area contributed by atoms with Crippen LogP contribution in [0.2, 0.25) is 5.02 Å². The smallest absolute Gasteiger partial charge is 0.241 e. The average molecular weight is 316 g/mol. The van der Waals surface area contributed by atoms with Gasteiger partial charge in [0.15, 0.2) is 0 Å². The van der Waals surface area contributed by atoms with E-state index in [0.29, 0.717) is 5.02 Å². The zero-order valence-corrected chi connectivity index (χ0v) is 11.8. The Morgan fingerprint density at radius 3 is 2.40 bits per heavy atom. The maximum atomic E-state index is 13.1. The molecule has 0 bridgehead atoms. The van der Waals surface area contributed by atoms with Crippen molar-refractivity contribution in [3.8, 4) is 5.75 Å². The third-order valence-electron chi connectivity index (χ3n) is 2.52. The van der Waals surface area contributed by atoms with E-state index in [2.05, 4.69) is 0 Å². The molecule has 106 valence electrons. The van der Waals surface area contributed by atoms with E-state index in [1.165, 1.54) is 6.07 Å². The first-order valence-corrected chi connectivity index (χ1v) is 7.48. The Bertz CT molecular complexity index is 717. The Labute approximate surface area is 121 Å². The van der Waals surface area contributed by atoms with Crippen molar-refractivity contribution >= 4 is 21.6 Å². The van der Waals surface area contributed by atoms with Gasteiger partial charge in [-0.25, -0.2) is 17.9 Å². The molecule has 20 heavy (non-hydrogen) atoms. The van der Waals surface area contributed by atoms with Crippen LogP contribution in [-0.2, 0) is 16.6 Å². The molecule has 0 unspecified atom stereocenters. The zero-order chi connectivity index (χ0) is 14.8. The van der Waals surface area contributed by atoms with Crippen LogP contribution in [0.5, 0.6) is 5.75 Å². The Morgan fingerprint density at radius 1 is 1.15 bits per heavy atom. The first-order chi connectivity index (χ1) is 9.36. The number of ether oxygens (including phenoxy) is 1. The molecule has 7 heteroatoms. The van der Waals surface area contributed by atoms with E-state index >= 15 is 0 Å². The first kappa shape index (κ1) is 14.8. The SMILES string of the molecule is NS(=O)(=O)c1cc(F)ccc1OCc1ccc(Cl)cc1. The molecule has 0 aliphatic heterocycles. The van der Waals surface area contributed by atoms with Gasteiger partial charge in [-0.2, -0.15) is 0 Å². The highest BCUT2D eigenvalue weighted by Gasteiger charge is 2.16. The second-order valence-corrected chi connectivity index (χ2v) is 6.02. The maximum absolute atomic E-state index is 13.1. The molecule has 0 heterocycles. The topological polar surface area (TPSA) is 69.4 Å². The summed E-state index contributed by atoms with van der Waals surface area (Å²) in [5, 5.41) is 5.61. The summed E-state index contributed by atoms with van der Waals surface area (Å²) in [5.74, 6) is -0.697. The maximum Gasteiger partial charge on any atom is 0.241 e. The lowest BCUT2D eigenvalue weighted by atomic mass is 10.2. The molecule has 2 rings (SSSR count). The Morgan fingerprint density at radius 2 is 1.80 bits per heavy atom. The van der Waals surface area contributed by atoms with Gasteiger partial charge in [0.2, 0.25) is 10.0 Å². The van der Waals surface area contributed by atoms with Gasteiger partial charge < -0.3 is 4.74 Å². The van der Waals surface area contributed by atoms with Gasteiger partial charge in [0.25, 0.3) is 0 Å². The Hall–Kier alpha value is -1.63. The van der Waals surface area contributed by atoms with Gasteiger partial charge in [-0.15, -0.1) is 0 Å². The van der Waals surface area contributed by atoms with Crippen LogP contribution < -0.4 is 9.88 Å². The lowest BCUT2D eigenvalue weighted by Gasteiger charge is -2.10. The number of hydrogen-bond donors (Lipinski definition) is 1. The standard InChI is InChI=1S/C13H11ClFNO3S/c14-10-3-1-9(2-4-10)8-19-12-6-5-11(15)7-13(12)20(16,17)18/h1-7H,8H2,(H2,16,17,18). The fourth-order valence-corrected chi connectivity index (χ4v) is 2.38. The van der Waals surface area contributed by atoms with Crippen molar-refractivity contribution in [1.29, 1.82) is 0 Å². The number of nitrogens with two attached hydrogens (primary N) is 1. The molecule has 0 fully saturated rings. The molecule has 0 aliphatic rings. The van der Waals surface area contributed by atoms with E-state index in [1.54, 1.807) is 24.3 Å². The number of benzene rings is 2. The fraction of sp³-hybridized carbons (Fsp3) is 0.0769. The van der Waals surface area contributed by atoms with Gasteiger partial charge in [-0.05, 0) is 35.9 Å². The number of hydrogen-bond acceptors (Lipinski definition) is 3. The van der Waals surface area contributed by atoms with Crippen molar-refractivity contribution in [3.63, 3.8) is 0 Å². The lowest BCUT2D eigenvalue weighted by Crippen LogP contribution is -2.14. The molecule has 2 aromatic rings. The Balaban J connectivity index is 2.23. The van der Waals surface area contributed by atoms with Crippen molar-refractivity contribution in [2.24, 2.45) is 5.14 Å². The summed E-state index contributed by atoms with van der Waals surface area (Å²) >= 11 is 5.75. The van der Waals surface area contributed by atoms with Gasteiger partial charge in [0.05, 0.1) is 0 Å². The van der Waals surface area contributed by atoms with E-state index in [9.17, 15) is 12.8 Å². The molecule has 2 aromatic carbocycles. The molecule has 0 aliphatic carbocycles. The van der Waals surface area contributed by atoms with Crippen LogP contribution >= 0.6 is 11.6 Å². The molecule has 0 aromatic heterocycles. The monoisotopic (exact) mass is 315 g/mol. The molecule has 0 amide bonds. The number of sulfonamides is 1. The quantitative estimate of drug-likeness (QED) is 0.943. The second-order valence-electron chi connectivity index (χ2n) is 4.05. The largest absolute Gasteiger partial charge is 0.487 e. The third kappa shape index (κ3) is 3.69. The van der Waals surface area contributed by atoms with Crippen LogP contribution in [-0.4, -0.2) is 8.42 Å². The average Bonchev–Trinajstić information content (AvgIpc) is 2.38. The fourth-order valence-electron chi connectivity index (χ4n) is 1.57. The number of primary sulfonamides is 1. The molecular formula is C13H11ClFNO3S.